The van der Waals surface area contributed by atoms with Gasteiger partial charge in [-0.2, -0.15) is 5.10 Å². The van der Waals surface area contributed by atoms with Gasteiger partial charge in [0.25, 0.3) is 0 Å². The highest BCUT2D eigenvalue weighted by Gasteiger charge is 2.24. The van der Waals surface area contributed by atoms with Crippen LogP contribution < -0.4 is 0 Å². The van der Waals surface area contributed by atoms with Gasteiger partial charge in [-0.05, 0) is 81.1 Å². The molecule has 6 heteroatoms. The average Bonchev–Trinajstić information content (AvgIpc) is 3.67. The number of hydrogen-bond donors (Lipinski definition) is 0. The quantitative estimate of drug-likeness (QED) is 0.410. The summed E-state index contributed by atoms with van der Waals surface area (Å²) in [7, 11) is 0. The van der Waals surface area contributed by atoms with E-state index in [9.17, 15) is 0 Å². The molecule has 0 bridgehead atoms. The molecular weight excluding hydrogens is 438 g/mol. The Kier molecular flexibility index (Phi) is 5.88. The van der Waals surface area contributed by atoms with Gasteiger partial charge in [0.1, 0.15) is 18.2 Å². The summed E-state index contributed by atoms with van der Waals surface area (Å²) in [6.45, 7) is 4.30. The summed E-state index contributed by atoms with van der Waals surface area (Å²) in [5.74, 6) is 2.29. The molecule has 2 aliphatic heterocycles. The number of benzene rings is 1. The highest BCUT2D eigenvalue weighted by molar-refractivity contribution is 5.64. The van der Waals surface area contributed by atoms with Crippen molar-refractivity contribution in [3.63, 3.8) is 0 Å². The number of hydrogen-bond acceptors (Lipinski definition) is 5. The van der Waals surface area contributed by atoms with Gasteiger partial charge in [0.2, 0.25) is 0 Å². The summed E-state index contributed by atoms with van der Waals surface area (Å²) >= 11 is 0. The first-order chi connectivity index (χ1) is 17.3. The van der Waals surface area contributed by atoms with E-state index in [0.717, 1.165) is 60.0 Å². The number of ether oxygens (including phenoxy) is 2. The van der Waals surface area contributed by atoms with E-state index in [4.69, 9.17) is 19.0 Å². The minimum absolute atomic E-state index is 0.590. The molecular formula is C29H29N3O3. The lowest BCUT2D eigenvalue weighted by Crippen LogP contribution is -2.26. The van der Waals surface area contributed by atoms with Crippen molar-refractivity contribution in [2.24, 2.45) is 0 Å². The minimum atomic E-state index is 0.590. The van der Waals surface area contributed by atoms with Crippen molar-refractivity contribution < 1.29 is 13.9 Å². The monoisotopic (exact) mass is 467 g/mol. The van der Waals surface area contributed by atoms with Crippen molar-refractivity contribution in [2.75, 3.05) is 6.54 Å². The van der Waals surface area contributed by atoms with E-state index < -0.39 is 0 Å². The Morgan fingerprint density at radius 3 is 2.71 bits per heavy atom. The van der Waals surface area contributed by atoms with Gasteiger partial charge in [-0.1, -0.05) is 18.2 Å². The van der Waals surface area contributed by atoms with E-state index in [1.165, 1.54) is 18.4 Å². The van der Waals surface area contributed by atoms with Crippen LogP contribution >= 0.6 is 0 Å². The minimum Gasteiger partial charge on any atom is -0.465 e. The summed E-state index contributed by atoms with van der Waals surface area (Å²) in [4.78, 5) is 2.52. The summed E-state index contributed by atoms with van der Waals surface area (Å²) in [5, 5.41) is 4.76. The van der Waals surface area contributed by atoms with Crippen molar-refractivity contribution in [3.05, 3.63) is 102 Å². The van der Waals surface area contributed by atoms with E-state index in [1.54, 1.807) is 18.8 Å². The van der Waals surface area contributed by atoms with Gasteiger partial charge in [0, 0.05) is 23.7 Å². The van der Waals surface area contributed by atoms with Gasteiger partial charge >= 0.3 is 0 Å². The number of likely N-dealkylation sites (tertiary alicyclic amines) is 1. The number of aromatic nitrogens is 2. The summed E-state index contributed by atoms with van der Waals surface area (Å²) in [5.41, 5.74) is 5.24. The van der Waals surface area contributed by atoms with Crippen LogP contribution in [0.3, 0.4) is 0 Å². The first-order valence-corrected chi connectivity index (χ1v) is 12.3. The van der Waals surface area contributed by atoms with Crippen LogP contribution in [-0.2, 0) is 16.0 Å². The maximum atomic E-state index is 6.18. The predicted molar refractivity (Wildman–Crippen MR) is 135 cm³/mol. The van der Waals surface area contributed by atoms with Crippen LogP contribution in [-0.4, -0.2) is 27.3 Å². The molecule has 3 aliphatic rings. The molecule has 35 heavy (non-hydrogen) atoms. The van der Waals surface area contributed by atoms with E-state index in [2.05, 4.69) is 42.2 Å². The number of allylic oxidation sites excluding steroid dienone is 4. The SMILES string of the molecule is CC1CCCN1Cc1cnn(-c2ccc(C3=COC=C(C4=CC=CCC4)O3)cc2)c1-c1ccco1. The van der Waals surface area contributed by atoms with Gasteiger partial charge < -0.3 is 13.9 Å². The highest BCUT2D eigenvalue weighted by atomic mass is 16.5. The molecule has 0 N–H and O–H groups in total. The molecule has 6 rings (SSSR count). The van der Waals surface area contributed by atoms with Crippen LogP contribution in [0.25, 0.3) is 22.9 Å². The second kappa shape index (κ2) is 9.47. The largest absolute Gasteiger partial charge is 0.465 e. The summed E-state index contributed by atoms with van der Waals surface area (Å²) in [6.07, 6.45) is 17.8. The molecule has 1 aromatic carbocycles. The lowest BCUT2D eigenvalue weighted by Gasteiger charge is -2.21. The third kappa shape index (κ3) is 4.37. The standard InChI is InChI=1S/C29H29N3O3/c1-21-7-5-15-31(21)18-24-17-30-32(29(24)26-10-6-16-34-26)25-13-11-23(12-14-25)28-20-33-19-27(35-28)22-8-3-2-4-9-22/h2-3,6,8,10-14,16-17,19-21H,4-5,7,9,15,18H2,1H3. The normalized spacial score (nSPS) is 20.1. The maximum absolute atomic E-state index is 6.18. The first kappa shape index (κ1) is 21.7. The molecule has 3 aromatic rings. The zero-order valence-electron chi connectivity index (χ0n) is 19.9. The van der Waals surface area contributed by atoms with Crippen LogP contribution in [0.2, 0.25) is 0 Å². The molecule has 1 saturated heterocycles. The van der Waals surface area contributed by atoms with Gasteiger partial charge in [0.05, 0.1) is 18.1 Å². The van der Waals surface area contributed by atoms with E-state index >= 15 is 0 Å². The summed E-state index contributed by atoms with van der Waals surface area (Å²) in [6, 6.07) is 12.7. The molecule has 0 amide bonds. The topological polar surface area (TPSA) is 52.7 Å². The Labute approximate surface area is 205 Å². The van der Waals surface area contributed by atoms with Crippen molar-refractivity contribution >= 4 is 5.76 Å². The Balaban J connectivity index is 1.26. The fourth-order valence-electron chi connectivity index (χ4n) is 4.98. The van der Waals surface area contributed by atoms with Crippen LogP contribution in [0.15, 0.2) is 95.4 Å². The van der Waals surface area contributed by atoms with E-state index in [0.29, 0.717) is 11.8 Å². The molecule has 0 radical (unpaired) electrons. The fraction of sp³-hybridized carbons (Fsp3) is 0.276. The van der Waals surface area contributed by atoms with Crippen molar-refractivity contribution in [2.45, 2.75) is 45.2 Å². The average molecular weight is 468 g/mol. The Hall–Kier alpha value is -3.77. The van der Waals surface area contributed by atoms with Gasteiger partial charge in [-0.3, -0.25) is 4.90 Å². The van der Waals surface area contributed by atoms with E-state index in [-0.39, 0.29) is 0 Å². The molecule has 0 saturated carbocycles. The third-order valence-electron chi connectivity index (χ3n) is 6.96. The van der Waals surface area contributed by atoms with Gasteiger partial charge in [0.15, 0.2) is 17.3 Å². The summed E-state index contributed by atoms with van der Waals surface area (Å²) < 4.78 is 19.6. The lowest BCUT2D eigenvalue weighted by molar-refractivity contribution is 0.260. The molecule has 1 fully saturated rings. The van der Waals surface area contributed by atoms with Crippen LogP contribution in [0.4, 0.5) is 0 Å². The van der Waals surface area contributed by atoms with Crippen molar-refractivity contribution in [3.8, 4) is 17.1 Å². The fourth-order valence-corrected chi connectivity index (χ4v) is 4.98. The molecule has 6 nitrogen and oxygen atoms in total. The smallest absolute Gasteiger partial charge is 0.169 e. The zero-order valence-corrected chi connectivity index (χ0v) is 19.9. The third-order valence-corrected chi connectivity index (χ3v) is 6.96. The Morgan fingerprint density at radius 1 is 1.09 bits per heavy atom. The molecule has 0 spiro atoms. The number of nitrogens with zero attached hydrogens (tertiary/aromatic N) is 3. The predicted octanol–water partition coefficient (Wildman–Crippen LogP) is 6.58. The van der Waals surface area contributed by atoms with Gasteiger partial charge in [-0.25, -0.2) is 4.68 Å². The number of furan rings is 1. The Bertz CT molecular complexity index is 1310. The number of rotatable bonds is 6. The maximum Gasteiger partial charge on any atom is 0.169 e. The lowest BCUT2D eigenvalue weighted by atomic mass is 10.0. The molecule has 178 valence electrons. The molecule has 1 unspecified atom stereocenters. The van der Waals surface area contributed by atoms with Gasteiger partial charge in [-0.15, -0.1) is 0 Å². The second-order valence-corrected chi connectivity index (χ2v) is 9.28. The molecule has 4 heterocycles. The van der Waals surface area contributed by atoms with E-state index in [1.807, 2.05) is 35.1 Å². The molecule has 1 aliphatic carbocycles. The molecule has 1 atom stereocenters. The van der Waals surface area contributed by atoms with Crippen molar-refractivity contribution in [1.29, 1.82) is 0 Å². The Morgan fingerprint density at radius 2 is 1.97 bits per heavy atom. The van der Waals surface area contributed by atoms with Crippen LogP contribution in [0.5, 0.6) is 0 Å². The highest BCUT2D eigenvalue weighted by Crippen LogP contribution is 2.33. The zero-order chi connectivity index (χ0) is 23.6. The molecule has 2 aromatic heterocycles. The van der Waals surface area contributed by atoms with Crippen LogP contribution in [0.1, 0.15) is 43.7 Å². The van der Waals surface area contributed by atoms with Crippen LogP contribution in [0, 0.1) is 0 Å². The first-order valence-electron chi connectivity index (χ1n) is 12.3. The second-order valence-electron chi connectivity index (χ2n) is 9.28. The van der Waals surface area contributed by atoms with Crippen molar-refractivity contribution in [1.82, 2.24) is 14.7 Å².